The lowest BCUT2D eigenvalue weighted by atomic mass is 10.2. The molecule has 17 heavy (non-hydrogen) atoms. The second-order valence-electron chi connectivity index (χ2n) is 4.18. The molecule has 1 aromatic carbocycles. The molecular weight excluding hydrogens is 235 g/mol. The molecule has 0 unspecified atom stereocenters. The molecule has 0 heterocycles. The summed E-state index contributed by atoms with van der Waals surface area (Å²) >= 11 is 1.79. The highest BCUT2D eigenvalue weighted by atomic mass is 32.2. The Bertz CT molecular complexity index is 342. The molecule has 4 heteroatoms. The summed E-state index contributed by atoms with van der Waals surface area (Å²) in [5.41, 5.74) is 1.05. The average Bonchev–Trinajstić information content (AvgIpc) is 2.28. The number of nitrogens with one attached hydrogen (secondary N) is 1. The van der Waals surface area contributed by atoms with E-state index in [2.05, 4.69) is 31.2 Å². The van der Waals surface area contributed by atoms with Crippen LogP contribution < -0.4 is 5.32 Å². The molecule has 1 rings (SSSR count). The first kappa shape index (κ1) is 14.5. The molecule has 0 aliphatic rings. The van der Waals surface area contributed by atoms with E-state index in [1.807, 2.05) is 6.07 Å². The molecule has 1 aromatic rings. The minimum absolute atomic E-state index is 0.158. The van der Waals surface area contributed by atoms with Crippen LogP contribution in [0.5, 0.6) is 0 Å². The Kier molecular flexibility index (Phi) is 6.55. The van der Waals surface area contributed by atoms with E-state index < -0.39 is 0 Å². The normalized spacial score (nSPS) is 11.1. The number of hydrogen-bond acceptors (Lipinski definition) is 3. The van der Waals surface area contributed by atoms with E-state index in [0.717, 1.165) is 31.0 Å². The lowest BCUT2D eigenvalue weighted by Gasteiger charge is -2.12. The smallest absolute Gasteiger partial charge is 0.123 e. The monoisotopic (exact) mass is 256 g/mol. The van der Waals surface area contributed by atoms with Crippen molar-refractivity contribution in [1.82, 2.24) is 10.2 Å². The third kappa shape index (κ3) is 5.52. The van der Waals surface area contributed by atoms with E-state index in [1.165, 1.54) is 11.0 Å². The van der Waals surface area contributed by atoms with Crippen molar-refractivity contribution in [3.63, 3.8) is 0 Å². The van der Waals surface area contributed by atoms with Gasteiger partial charge in [-0.05, 0) is 44.4 Å². The molecule has 0 radical (unpaired) electrons. The van der Waals surface area contributed by atoms with Crippen LogP contribution in [-0.4, -0.2) is 37.8 Å². The standard InChI is InChI=1S/C13H21FN2S/c1-4-15-10-11-9-12(14)5-6-13(11)17-8-7-16(2)3/h5-6,9,15H,4,7-8,10H2,1-3H3. The van der Waals surface area contributed by atoms with Gasteiger partial charge in [-0.15, -0.1) is 11.8 Å². The first-order valence-electron chi connectivity index (χ1n) is 5.90. The van der Waals surface area contributed by atoms with Crippen LogP contribution in [-0.2, 0) is 6.54 Å². The van der Waals surface area contributed by atoms with Gasteiger partial charge >= 0.3 is 0 Å². The highest BCUT2D eigenvalue weighted by Crippen LogP contribution is 2.23. The largest absolute Gasteiger partial charge is 0.313 e. The molecule has 0 aliphatic carbocycles. The van der Waals surface area contributed by atoms with Crippen molar-refractivity contribution >= 4 is 11.8 Å². The van der Waals surface area contributed by atoms with Crippen LogP contribution >= 0.6 is 11.8 Å². The molecule has 2 nitrogen and oxygen atoms in total. The Labute approximate surface area is 108 Å². The Balaban J connectivity index is 2.62. The minimum Gasteiger partial charge on any atom is -0.313 e. The van der Waals surface area contributed by atoms with Crippen LogP contribution in [0.25, 0.3) is 0 Å². The third-order valence-electron chi connectivity index (χ3n) is 2.38. The summed E-state index contributed by atoms with van der Waals surface area (Å²) in [6.45, 7) is 4.72. The van der Waals surface area contributed by atoms with Gasteiger partial charge in [-0.2, -0.15) is 0 Å². The van der Waals surface area contributed by atoms with Crippen LogP contribution in [0.2, 0.25) is 0 Å². The Morgan fingerprint density at radius 3 is 2.76 bits per heavy atom. The van der Waals surface area contributed by atoms with Gasteiger partial charge in [0.15, 0.2) is 0 Å². The summed E-state index contributed by atoms with van der Waals surface area (Å²) in [4.78, 5) is 3.33. The first-order valence-corrected chi connectivity index (χ1v) is 6.88. The second-order valence-corrected chi connectivity index (χ2v) is 5.32. The Hall–Kier alpha value is -0.580. The molecule has 0 aliphatic heterocycles. The molecule has 0 saturated heterocycles. The highest BCUT2D eigenvalue weighted by Gasteiger charge is 2.04. The van der Waals surface area contributed by atoms with E-state index >= 15 is 0 Å². The van der Waals surface area contributed by atoms with Gasteiger partial charge in [0.25, 0.3) is 0 Å². The van der Waals surface area contributed by atoms with E-state index in [1.54, 1.807) is 17.8 Å². The Morgan fingerprint density at radius 1 is 1.35 bits per heavy atom. The lowest BCUT2D eigenvalue weighted by Crippen LogP contribution is -2.15. The molecule has 96 valence electrons. The summed E-state index contributed by atoms with van der Waals surface area (Å²) in [6.07, 6.45) is 0. The van der Waals surface area contributed by atoms with Crippen LogP contribution in [0.4, 0.5) is 4.39 Å². The molecular formula is C13H21FN2S. The molecule has 0 amide bonds. The molecule has 0 bridgehead atoms. The molecule has 0 saturated carbocycles. The maximum atomic E-state index is 13.2. The van der Waals surface area contributed by atoms with Gasteiger partial charge in [-0.1, -0.05) is 6.92 Å². The minimum atomic E-state index is -0.158. The molecule has 0 atom stereocenters. The maximum absolute atomic E-state index is 13.2. The van der Waals surface area contributed by atoms with Crippen molar-refractivity contribution in [3.05, 3.63) is 29.6 Å². The molecule has 1 N–H and O–H groups in total. The SMILES string of the molecule is CCNCc1cc(F)ccc1SCCN(C)C. The van der Waals surface area contributed by atoms with Crippen molar-refractivity contribution in [2.45, 2.75) is 18.4 Å². The van der Waals surface area contributed by atoms with Gasteiger partial charge in [0.05, 0.1) is 0 Å². The van der Waals surface area contributed by atoms with Crippen molar-refractivity contribution in [2.75, 3.05) is 32.9 Å². The van der Waals surface area contributed by atoms with Crippen LogP contribution in [0.15, 0.2) is 23.1 Å². The van der Waals surface area contributed by atoms with Crippen molar-refractivity contribution in [3.8, 4) is 0 Å². The summed E-state index contributed by atoms with van der Waals surface area (Å²) in [5.74, 6) is 0.868. The number of halogens is 1. The summed E-state index contributed by atoms with van der Waals surface area (Å²) in [7, 11) is 4.12. The topological polar surface area (TPSA) is 15.3 Å². The van der Waals surface area contributed by atoms with E-state index in [-0.39, 0.29) is 5.82 Å². The van der Waals surface area contributed by atoms with Crippen molar-refractivity contribution < 1.29 is 4.39 Å². The second kappa shape index (κ2) is 7.69. The number of hydrogen-bond donors (Lipinski definition) is 1. The number of benzene rings is 1. The van der Waals surface area contributed by atoms with Gasteiger partial charge in [-0.3, -0.25) is 0 Å². The first-order chi connectivity index (χ1) is 8.13. The quantitative estimate of drug-likeness (QED) is 0.755. The van der Waals surface area contributed by atoms with Crippen LogP contribution in [0, 0.1) is 5.82 Å². The molecule has 0 fully saturated rings. The van der Waals surface area contributed by atoms with Gasteiger partial charge in [-0.25, -0.2) is 4.39 Å². The zero-order valence-corrected chi connectivity index (χ0v) is 11.6. The number of rotatable bonds is 7. The zero-order chi connectivity index (χ0) is 12.7. The predicted molar refractivity (Wildman–Crippen MR) is 73.1 cm³/mol. The van der Waals surface area contributed by atoms with Gasteiger partial charge < -0.3 is 10.2 Å². The fourth-order valence-corrected chi connectivity index (χ4v) is 2.58. The predicted octanol–water partition coefficient (Wildman–Crippen LogP) is 2.59. The summed E-state index contributed by atoms with van der Waals surface area (Å²) in [5, 5.41) is 3.24. The third-order valence-corrected chi connectivity index (χ3v) is 3.48. The van der Waals surface area contributed by atoms with Crippen molar-refractivity contribution in [2.24, 2.45) is 0 Å². The fraction of sp³-hybridized carbons (Fsp3) is 0.538. The summed E-state index contributed by atoms with van der Waals surface area (Å²) in [6, 6.07) is 5.04. The maximum Gasteiger partial charge on any atom is 0.123 e. The zero-order valence-electron chi connectivity index (χ0n) is 10.8. The van der Waals surface area contributed by atoms with Gasteiger partial charge in [0.1, 0.15) is 5.82 Å². The number of nitrogens with zero attached hydrogens (tertiary/aromatic N) is 1. The van der Waals surface area contributed by atoms with Crippen molar-refractivity contribution in [1.29, 1.82) is 0 Å². The molecule has 0 aromatic heterocycles. The van der Waals surface area contributed by atoms with Gasteiger partial charge in [0.2, 0.25) is 0 Å². The van der Waals surface area contributed by atoms with E-state index in [4.69, 9.17) is 0 Å². The molecule has 0 spiro atoms. The summed E-state index contributed by atoms with van der Waals surface area (Å²) < 4.78 is 13.2. The van der Waals surface area contributed by atoms with Crippen LogP contribution in [0.1, 0.15) is 12.5 Å². The van der Waals surface area contributed by atoms with E-state index in [9.17, 15) is 4.39 Å². The highest BCUT2D eigenvalue weighted by molar-refractivity contribution is 7.99. The fourth-order valence-electron chi connectivity index (χ4n) is 1.42. The number of thioether (sulfide) groups is 1. The van der Waals surface area contributed by atoms with Crippen LogP contribution in [0.3, 0.4) is 0 Å². The lowest BCUT2D eigenvalue weighted by molar-refractivity contribution is 0.437. The Morgan fingerprint density at radius 2 is 2.12 bits per heavy atom. The van der Waals surface area contributed by atoms with Gasteiger partial charge in [0, 0.05) is 23.7 Å². The van der Waals surface area contributed by atoms with E-state index in [0.29, 0.717) is 0 Å². The average molecular weight is 256 g/mol.